The Morgan fingerprint density at radius 2 is 2.05 bits per heavy atom. The molecule has 0 radical (unpaired) electrons. The van der Waals surface area contributed by atoms with Crippen LogP contribution in [0.15, 0.2) is 23.1 Å². The average Bonchev–Trinajstić information content (AvgIpc) is 3.20. The Morgan fingerprint density at radius 1 is 1.33 bits per heavy atom. The van der Waals surface area contributed by atoms with Gasteiger partial charge in [-0.15, -0.1) is 0 Å². The first kappa shape index (κ1) is 16.4. The molecule has 1 aliphatic rings. The Kier molecular flexibility index (Phi) is 5.32. The monoisotopic (exact) mass is 315 g/mol. The van der Waals surface area contributed by atoms with Crippen LogP contribution in [0.25, 0.3) is 0 Å². The maximum absolute atomic E-state index is 13.4. The van der Waals surface area contributed by atoms with E-state index >= 15 is 0 Å². The molecule has 1 aliphatic carbocycles. The van der Waals surface area contributed by atoms with Gasteiger partial charge in [-0.3, -0.25) is 0 Å². The number of benzene rings is 1. The Hall–Kier alpha value is -1.02. The molecule has 2 rings (SSSR count). The zero-order chi connectivity index (χ0) is 15.5. The summed E-state index contributed by atoms with van der Waals surface area (Å²) in [5.74, 6) is -0.543. The molecule has 1 fully saturated rings. The van der Waals surface area contributed by atoms with Crippen molar-refractivity contribution in [3.05, 3.63) is 29.6 Å². The predicted octanol–water partition coefficient (Wildman–Crippen LogP) is 0.918. The second-order valence-corrected chi connectivity index (χ2v) is 7.34. The number of hydrogen-bond acceptors (Lipinski definition) is 4. The number of likely N-dealkylation sites (N-methyl/N-ethyl adjacent to an activating group) is 1. The standard InChI is InChI=1S/C14H22FN3O2S/c1-18(2)8-7-17-21(19,20)14-9-12(15)4-3-11(14)10-16-13-5-6-13/h3-4,9,13,16-17H,5-8,10H2,1-2H3. The van der Waals surface area contributed by atoms with Crippen molar-refractivity contribution >= 4 is 10.0 Å². The lowest BCUT2D eigenvalue weighted by atomic mass is 10.2. The summed E-state index contributed by atoms with van der Waals surface area (Å²) in [5, 5.41) is 3.26. The molecule has 7 heteroatoms. The van der Waals surface area contributed by atoms with Gasteiger partial charge in [0.05, 0.1) is 4.90 Å². The molecule has 5 nitrogen and oxygen atoms in total. The maximum Gasteiger partial charge on any atom is 0.241 e. The zero-order valence-electron chi connectivity index (χ0n) is 12.4. The molecule has 0 aliphatic heterocycles. The number of sulfonamides is 1. The molecule has 118 valence electrons. The van der Waals surface area contributed by atoms with Crippen molar-refractivity contribution < 1.29 is 12.8 Å². The van der Waals surface area contributed by atoms with Crippen LogP contribution in [-0.4, -0.2) is 46.5 Å². The van der Waals surface area contributed by atoms with Gasteiger partial charge in [-0.25, -0.2) is 17.5 Å². The van der Waals surface area contributed by atoms with Crippen LogP contribution >= 0.6 is 0 Å². The van der Waals surface area contributed by atoms with Crippen LogP contribution in [0, 0.1) is 5.82 Å². The molecular formula is C14H22FN3O2S. The first-order chi connectivity index (χ1) is 9.88. The Balaban J connectivity index is 2.12. The van der Waals surface area contributed by atoms with Gasteiger partial charge < -0.3 is 10.2 Å². The lowest BCUT2D eigenvalue weighted by Crippen LogP contribution is -2.32. The van der Waals surface area contributed by atoms with Crippen molar-refractivity contribution in [1.82, 2.24) is 14.9 Å². The molecule has 0 unspecified atom stereocenters. The third kappa shape index (κ3) is 5.03. The summed E-state index contributed by atoms with van der Waals surface area (Å²) < 4.78 is 40.6. The van der Waals surface area contributed by atoms with E-state index in [1.807, 2.05) is 19.0 Å². The lowest BCUT2D eigenvalue weighted by Gasteiger charge is -2.14. The van der Waals surface area contributed by atoms with Gasteiger partial charge in [0.2, 0.25) is 10.0 Å². The van der Waals surface area contributed by atoms with E-state index in [0.717, 1.165) is 18.9 Å². The van der Waals surface area contributed by atoms with Crippen LogP contribution in [0.3, 0.4) is 0 Å². The molecular weight excluding hydrogens is 293 g/mol. The number of rotatable bonds is 8. The van der Waals surface area contributed by atoms with Crippen LogP contribution in [0.4, 0.5) is 4.39 Å². The summed E-state index contributed by atoms with van der Waals surface area (Å²) in [7, 11) is 0.0319. The predicted molar refractivity (Wildman–Crippen MR) is 80.0 cm³/mol. The second-order valence-electron chi connectivity index (χ2n) is 5.61. The van der Waals surface area contributed by atoms with Gasteiger partial charge in [-0.05, 0) is 44.6 Å². The number of halogens is 1. The Labute approximate surface area is 125 Å². The topological polar surface area (TPSA) is 61.4 Å². The van der Waals surface area contributed by atoms with Gasteiger partial charge in [-0.1, -0.05) is 6.07 Å². The van der Waals surface area contributed by atoms with Crippen molar-refractivity contribution in [1.29, 1.82) is 0 Å². The molecule has 0 spiro atoms. The van der Waals surface area contributed by atoms with Gasteiger partial charge in [0.25, 0.3) is 0 Å². The summed E-state index contributed by atoms with van der Waals surface area (Å²) in [6.45, 7) is 1.32. The quantitative estimate of drug-likeness (QED) is 0.749. The van der Waals surface area contributed by atoms with Crippen LogP contribution in [-0.2, 0) is 16.6 Å². The number of nitrogens with one attached hydrogen (secondary N) is 2. The van der Waals surface area contributed by atoms with Gasteiger partial charge in [-0.2, -0.15) is 0 Å². The van der Waals surface area contributed by atoms with Crippen molar-refractivity contribution in [2.75, 3.05) is 27.2 Å². The summed E-state index contributed by atoms with van der Waals surface area (Å²) in [6.07, 6.45) is 2.23. The first-order valence-electron chi connectivity index (χ1n) is 7.05. The highest BCUT2D eigenvalue weighted by Gasteiger charge is 2.23. The van der Waals surface area contributed by atoms with Crippen LogP contribution in [0.1, 0.15) is 18.4 Å². The Morgan fingerprint density at radius 3 is 2.67 bits per heavy atom. The molecule has 0 amide bonds. The summed E-state index contributed by atoms with van der Waals surface area (Å²) in [5.41, 5.74) is 0.598. The lowest BCUT2D eigenvalue weighted by molar-refractivity contribution is 0.412. The van der Waals surface area contributed by atoms with Crippen LogP contribution in [0.2, 0.25) is 0 Å². The molecule has 0 heterocycles. The minimum atomic E-state index is -3.69. The molecule has 0 saturated heterocycles. The highest BCUT2D eigenvalue weighted by Crippen LogP contribution is 2.22. The fourth-order valence-corrected chi connectivity index (χ4v) is 3.22. The summed E-state index contributed by atoms with van der Waals surface area (Å²) >= 11 is 0. The molecule has 0 bridgehead atoms. The second kappa shape index (κ2) is 6.83. The van der Waals surface area contributed by atoms with Crippen molar-refractivity contribution in [2.45, 2.75) is 30.3 Å². The van der Waals surface area contributed by atoms with E-state index in [9.17, 15) is 12.8 Å². The molecule has 0 aromatic heterocycles. The highest BCUT2D eigenvalue weighted by molar-refractivity contribution is 7.89. The van der Waals surface area contributed by atoms with Gasteiger partial charge in [0.15, 0.2) is 0 Å². The van der Waals surface area contributed by atoms with E-state index in [-0.39, 0.29) is 4.90 Å². The number of hydrogen-bond donors (Lipinski definition) is 2. The summed E-state index contributed by atoms with van der Waals surface area (Å²) in [6, 6.07) is 4.38. The highest BCUT2D eigenvalue weighted by atomic mass is 32.2. The SMILES string of the molecule is CN(C)CCNS(=O)(=O)c1cc(F)ccc1CNC1CC1. The fourth-order valence-electron chi connectivity index (χ4n) is 1.95. The molecule has 2 N–H and O–H groups in total. The minimum Gasteiger partial charge on any atom is -0.310 e. The largest absolute Gasteiger partial charge is 0.310 e. The third-order valence-corrected chi connectivity index (χ3v) is 4.87. The first-order valence-corrected chi connectivity index (χ1v) is 8.53. The van der Waals surface area contributed by atoms with E-state index in [1.165, 1.54) is 12.1 Å². The van der Waals surface area contributed by atoms with Gasteiger partial charge >= 0.3 is 0 Å². The minimum absolute atomic E-state index is 0.0226. The van der Waals surface area contributed by atoms with E-state index in [4.69, 9.17) is 0 Å². The smallest absolute Gasteiger partial charge is 0.241 e. The van der Waals surface area contributed by atoms with Crippen LogP contribution < -0.4 is 10.0 Å². The van der Waals surface area contributed by atoms with Crippen molar-refractivity contribution in [3.8, 4) is 0 Å². The van der Waals surface area contributed by atoms with Gasteiger partial charge in [0, 0.05) is 25.7 Å². The van der Waals surface area contributed by atoms with E-state index < -0.39 is 15.8 Å². The van der Waals surface area contributed by atoms with E-state index in [0.29, 0.717) is 31.2 Å². The maximum atomic E-state index is 13.4. The van der Waals surface area contributed by atoms with E-state index in [2.05, 4.69) is 10.0 Å². The zero-order valence-corrected chi connectivity index (χ0v) is 13.2. The summed E-state index contributed by atoms with van der Waals surface area (Å²) in [4.78, 5) is 1.90. The molecule has 0 atom stereocenters. The van der Waals surface area contributed by atoms with E-state index in [1.54, 1.807) is 0 Å². The molecule has 1 saturated carbocycles. The molecule has 21 heavy (non-hydrogen) atoms. The number of nitrogens with zero attached hydrogens (tertiary/aromatic N) is 1. The van der Waals surface area contributed by atoms with Gasteiger partial charge in [0.1, 0.15) is 5.82 Å². The Bertz CT molecular complexity index is 586. The molecule has 1 aromatic rings. The van der Waals surface area contributed by atoms with Crippen molar-refractivity contribution in [2.24, 2.45) is 0 Å². The average molecular weight is 315 g/mol. The third-order valence-electron chi connectivity index (χ3n) is 3.33. The fraction of sp³-hybridized carbons (Fsp3) is 0.571. The molecule has 1 aromatic carbocycles. The normalized spacial score (nSPS) is 15.6. The van der Waals surface area contributed by atoms with Crippen LogP contribution in [0.5, 0.6) is 0 Å². The van der Waals surface area contributed by atoms with Crippen molar-refractivity contribution in [3.63, 3.8) is 0 Å².